The monoisotopic (exact) mass is 398 g/mol. The Morgan fingerprint density at radius 1 is 1.21 bits per heavy atom. The average molecular weight is 398 g/mol. The maximum atomic E-state index is 10.6. The van der Waals surface area contributed by atoms with Gasteiger partial charge in [-0.2, -0.15) is 0 Å². The third-order valence-corrected chi connectivity index (χ3v) is 5.78. The van der Waals surface area contributed by atoms with E-state index in [-0.39, 0.29) is 17.3 Å². The first-order valence-corrected chi connectivity index (χ1v) is 10.4. The molecule has 0 spiro atoms. The molecule has 0 amide bonds. The predicted octanol–water partition coefficient (Wildman–Crippen LogP) is 5.01. The van der Waals surface area contributed by atoms with E-state index in [1.54, 1.807) is 13.2 Å². The Bertz CT molecular complexity index is 903. The van der Waals surface area contributed by atoms with E-state index < -0.39 is 0 Å². The number of phenols is 1. The normalized spacial score (nSPS) is 19.4. The Kier molecular flexibility index (Phi) is 5.24. The summed E-state index contributed by atoms with van der Waals surface area (Å²) < 4.78 is 23.7. The van der Waals surface area contributed by atoms with Crippen molar-refractivity contribution in [2.45, 2.75) is 58.0 Å². The van der Waals surface area contributed by atoms with E-state index in [9.17, 15) is 5.11 Å². The molecule has 0 saturated heterocycles. The van der Waals surface area contributed by atoms with Crippen LogP contribution in [0.3, 0.4) is 0 Å². The second kappa shape index (κ2) is 7.69. The van der Waals surface area contributed by atoms with E-state index in [1.807, 2.05) is 18.2 Å². The van der Waals surface area contributed by atoms with E-state index >= 15 is 0 Å². The molecular formula is C24H30O5. The molecule has 0 aromatic heterocycles. The number of rotatable bonds is 5. The fraction of sp³-hybridized carbons (Fsp3) is 0.500. The fourth-order valence-corrected chi connectivity index (χ4v) is 4.22. The molecule has 4 rings (SSSR count). The number of ether oxygens (including phenoxy) is 4. The Labute approximate surface area is 172 Å². The molecule has 2 aliphatic heterocycles. The lowest BCUT2D eigenvalue weighted by Gasteiger charge is -2.36. The van der Waals surface area contributed by atoms with Crippen LogP contribution < -0.4 is 18.9 Å². The van der Waals surface area contributed by atoms with Crippen LogP contribution in [0.25, 0.3) is 0 Å². The smallest absolute Gasteiger partial charge is 0.133 e. The van der Waals surface area contributed by atoms with Crippen LogP contribution in [-0.4, -0.2) is 31.0 Å². The summed E-state index contributed by atoms with van der Waals surface area (Å²) in [5, 5.41) is 10.6. The highest BCUT2D eigenvalue weighted by atomic mass is 16.5. The standard InChI is InChI=1S/C24H30O5/c1-5-10-27-16-6-7-17(20(25)12-16)15-11-19-21(26-4)13-22-18(23(19)28-14-15)8-9-24(2,3)29-22/h6-7,12-13,15,25H,5,8-11,14H2,1-4H3. The van der Waals surface area contributed by atoms with Gasteiger partial charge in [0.15, 0.2) is 0 Å². The van der Waals surface area contributed by atoms with Crippen LogP contribution >= 0.6 is 0 Å². The number of hydrogen-bond donors (Lipinski definition) is 1. The first-order chi connectivity index (χ1) is 13.9. The molecule has 5 heteroatoms. The first-order valence-electron chi connectivity index (χ1n) is 10.4. The second-order valence-electron chi connectivity index (χ2n) is 8.51. The summed E-state index contributed by atoms with van der Waals surface area (Å²) >= 11 is 0. The van der Waals surface area contributed by atoms with Gasteiger partial charge in [-0.05, 0) is 45.6 Å². The molecule has 29 heavy (non-hydrogen) atoms. The highest BCUT2D eigenvalue weighted by molar-refractivity contribution is 5.60. The molecule has 2 heterocycles. The molecule has 1 atom stereocenters. The van der Waals surface area contributed by atoms with Crippen molar-refractivity contribution < 1.29 is 24.1 Å². The summed E-state index contributed by atoms with van der Waals surface area (Å²) in [6.07, 6.45) is 3.55. The maximum absolute atomic E-state index is 10.6. The first kappa shape index (κ1) is 19.7. The third-order valence-electron chi connectivity index (χ3n) is 5.78. The SMILES string of the molecule is CCCOc1ccc(C2COc3c(c(OC)cc4c3CCC(C)(C)O4)C2)c(O)c1. The minimum Gasteiger partial charge on any atom is -0.508 e. The Balaban J connectivity index is 1.64. The van der Waals surface area contributed by atoms with Crippen LogP contribution in [0.2, 0.25) is 0 Å². The van der Waals surface area contributed by atoms with Gasteiger partial charge in [0.05, 0.1) is 20.3 Å². The minimum atomic E-state index is -0.184. The molecule has 1 unspecified atom stereocenters. The van der Waals surface area contributed by atoms with Crippen molar-refractivity contribution >= 4 is 0 Å². The number of methoxy groups -OCH3 is 1. The topological polar surface area (TPSA) is 57.2 Å². The van der Waals surface area contributed by atoms with Crippen molar-refractivity contribution in [1.82, 2.24) is 0 Å². The van der Waals surface area contributed by atoms with E-state index in [1.165, 1.54) is 0 Å². The Hall–Kier alpha value is -2.56. The van der Waals surface area contributed by atoms with E-state index in [0.717, 1.165) is 59.6 Å². The zero-order valence-corrected chi connectivity index (χ0v) is 17.7. The van der Waals surface area contributed by atoms with E-state index in [4.69, 9.17) is 18.9 Å². The van der Waals surface area contributed by atoms with Gasteiger partial charge in [-0.25, -0.2) is 0 Å². The van der Waals surface area contributed by atoms with Crippen molar-refractivity contribution in [2.24, 2.45) is 0 Å². The zero-order chi connectivity index (χ0) is 20.6. The van der Waals surface area contributed by atoms with Gasteiger partial charge in [0.2, 0.25) is 0 Å². The van der Waals surface area contributed by atoms with Gasteiger partial charge in [0.25, 0.3) is 0 Å². The van der Waals surface area contributed by atoms with Crippen LogP contribution in [0.5, 0.6) is 28.7 Å². The zero-order valence-electron chi connectivity index (χ0n) is 17.7. The van der Waals surface area contributed by atoms with Crippen molar-refractivity contribution in [3.63, 3.8) is 0 Å². The number of benzene rings is 2. The van der Waals surface area contributed by atoms with Crippen LogP contribution in [0, 0.1) is 0 Å². The van der Waals surface area contributed by atoms with Gasteiger partial charge in [0.1, 0.15) is 34.3 Å². The molecule has 2 aromatic carbocycles. The molecule has 1 N–H and O–H groups in total. The fourth-order valence-electron chi connectivity index (χ4n) is 4.22. The van der Waals surface area contributed by atoms with Gasteiger partial charge in [-0.15, -0.1) is 0 Å². The minimum absolute atomic E-state index is 0.0515. The molecule has 0 fully saturated rings. The van der Waals surface area contributed by atoms with Crippen LogP contribution in [0.15, 0.2) is 24.3 Å². The molecule has 156 valence electrons. The van der Waals surface area contributed by atoms with Crippen molar-refractivity contribution in [3.8, 4) is 28.7 Å². The highest BCUT2D eigenvalue weighted by Gasteiger charge is 2.35. The maximum Gasteiger partial charge on any atom is 0.133 e. The van der Waals surface area contributed by atoms with Crippen LogP contribution in [-0.2, 0) is 12.8 Å². The summed E-state index contributed by atoms with van der Waals surface area (Å²) in [5.41, 5.74) is 2.87. The van der Waals surface area contributed by atoms with Crippen LogP contribution in [0.4, 0.5) is 0 Å². The van der Waals surface area contributed by atoms with E-state index in [2.05, 4.69) is 20.8 Å². The van der Waals surface area contributed by atoms with Crippen molar-refractivity contribution in [2.75, 3.05) is 20.3 Å². The average Bonchev–Trinajstić information content (AvgIpc) is 2.70. The van der Waals surface area contributed by atoms with Gasteiger partial charge in [-0.1, -0.05) is 13.0 Å². The summed E-state index contributed by atoms with van der Waals surface area (Å²) in [5.74, 6) is 3.53. The highest BCUT2D eigenvalue weighted by Crippen LogP contribution is 2.49. The van der Waals surface area contributed by atoms with Gasteiger partial charge < -0.3 is 24.1 Å². The van der Waals surface area contributed by atoms with Crippen LogP contribution in [0.1, 0.15) is 56.2 Å². The summed E-state index contributed by atoms with van der Waals surface area (Å²) in [6.45, 7) is 7.42. The molecule has 0 bridgehead atoms. The molecule has 0 saturated carbocycles. The number of aromatic hydroxyl groups is 1. The summed E-state index contributed by atoms with van der Waals surface area (Å²) in [7, 11) is 1.68. The largest absolute Gasteiger partial charge is 0.508 e. The summed E-state index contributed by atoms with van der Waals surface area (Å²) in [4.78, 5) is 0. The quantitative estimate of drug-likeness (QED) is 0.767. The second-order valence-corrected chi connectivity index (χ2v) is 8.51. The lowest BCUT2D eigenvalue weighted by atomic mass is 9.85. The lowest BCUT2D eigenvalue weighted by molar-refractivity contribution is 0.0821. The van der Waals surface area contributed by atoms with Gasteiger partial charge >= 0.3 is 0 Å². The summed E-state index contributed by atoms with van der Waals surface area (Å²) in [6, 6.07) is 7.54. The molecule has 0 aliphatic carbocycles. The molecule has 2 aromatic rings. The molecule has 2 aliphatic rings. The van der Waals surface area contributed by atoms with Crippen molar-refractivity contribution in [3.05, 3.63) is 41.0 Å². The van der Waals surface area contributed by atoms with E-state index in [0.29, 0.717) is 19.0 Å². The number of phenolic OH excluding ortho intramolecular Hbond substituents is 1. The Morgan fingerprint density at radius 3 is 2.76 bits per heavy atom. The Morgan fingerprint density at radius 2 is 2.03 bits per heavy atom. The molecular weight excluding hydrogens is 368 g/mol. The molecule has 5 nitrogen and oxygen atoms in total. The van der Waals surface area contributed by atoms with Gasteiger partial charge in [0, 0.05) is 34.7 Å². The van der Waals surface area contributed by atoms with Crippen molar-refractivity contribution in [1.29, 1.82) is 0 Å². The third kappa shape index (κ3) is 3.83. The molecule has 0 radical (unpaired) electrons. The lowest BCUT2D eigenvalue weighted by Crippen LogP contribution is -2.33. The van der Waals surface area contributed by atoms with Gasteiger partial charge in [-0.3, -0.25) is 0 Å². The number of fused-ring (bicyclic) bond motifs is 3. The predicted molar refractivity (Wildman–Crippen MR) is 112 cm³/mol. The number of hydrogen-bond acceptors (Lipinski definition) is 5.